The Balaban J connectivity index is 2.38. The van der Waals surface area contributed by atoms with Gasteiger partial charge in [-0.05, 0) is 58.7 Å². The second-order valence-electron chi connectivity index (χ2n) is 5.60. The second kappa shape index (κ2) is 5.86. The van der Waals surface area contributed by atoms with E-state index in [9.17, 15) is 0 Å². The van der Waals surface area contributed by atoms with Crippen LogP contribution in [0.25, 0.3) is 0 Å². The molecule has 1 saturated heterocycles. The number of unbranched alkanes of at least 4 members (excludes halogenated alkanes) is 2. The van der Waals surface area contributed by atoms with Gasteiger partial charge in [-0.15, -0.1) is 0 Å². The molecule has 2 nitrogen and oxygen atoms in total. The molecule has 1 atom stereocenters. The van der Waals surface area contributed by atoms with Crippen LogP contribution in [-0.2, 0) is 0 Å². The van der Waals surface area contributed by atoms with E-state index in [1.165, 1.54) is 45.2 Å². The lowest BCUT2D eigenvalue weighted by Crippen LogP contribution is -2.51. The molecule has 1 heterocycles. The molecule has 1 aliphatic rings. The Morgan fingerprint density at radius 3 is 2.60 bits per heavy atom. The van der Waals surface area contributed by atoms with E-state index in [2.05, 4.69) is 25.7 Å². The van der Waals surface area contributed by atoms with E-state index in [0.717, 1.165) is 12.5 Å². The van der Waals surface area contributed by atoms with Gasteiger partial charge in [-0.1, -0.05) is 19.8 Å². The number of nitrogens with two attached hydrogens (primary N) is 1. The highest BCUT2D eigenvalue weighted by Gasteiger charge is 2.33. The van der Waals surface area contributed by atoms with Gasteiger partial charge in [0.2, 0.25) is 0 Å². The van der Waals surface area contributed by atoms with Crippen LogP contribution >= 0.6 is 0 Å². The summed E-state index contributed by atoms with van der Waals surface area (Å²) in [6.45, 7) is 10.4. The van der Waals surface area contributed by atoms with E-state index >= 15 is 0 Å². The first kappa shape index (κ1) is 13.0. The molecule has 1 fully saturated rings. The van der Waals surface area contributed by atoms with Crippen molar-refractivity contribution in [2.45, 2.75) is 58.4 Å². The van der Waals surface area contributed by atoms with Crippen LogP contribution in [0, 0.1) is 5.92 Å². The third-order valence-corrected chi connectivity index (χ3v) is 3.82. The summed E-state index contributed by atoms with van der Waals surface area (Å²) in [5, 5.41) is 0. The van der Waals surface area contributed by atoms with Crippen molar-refractivity contribution in [2.75, 3.05) is 19.6 Å². The summed E-state index contributed by atoms with van der Waals surface area (Å²) in [5.41, 5.74) is 6.14. The van der Waals surface area contributed by atoms with Gasteiger partial charge in [0.05, 0.1) is 0 Å². The number of hydrogen-bond acceptors (Lipinski definition) is 2. The summed E-state index contributed by atoms with van der Waals surface area (Å²) >= 11 is 0. The zero-order valence-corrected chi connectivity index (χ0v) is 10.8. The Bertz CT molecular complexity index is 175. The Labute approximate surface area is 95.2 Å². The smallest absolute Gasteiger partial charge is 0.0156 e. The zero-order chi connectivity index (χ0) is 11.3. The van der Waals surface area contributed by atoms with Gasteiger partial charge in [0.15, 0.2) is 0 Å². The van der Waals surface area contributed by atoms with Gasteiger partial charge in [0, 0.05) is 5.54 Å². The summed E-state index contributed by atoms with van der Waals surface area (Å²) in [5.74, 6) is 0.752. The summed E-state index contributed by atoms with van der Waals surface area (Å²) in [6.07, 6.45) is 6.61. The summed E-state index contributed by atoms with van der Waals surface area (Å²) < 4.78 is 0. The molecule has 0 bridgehead atoms. The molecule has 1 aliphatic heterocycles. The standard InChI is InChI=1S/C13H28N2/c1-4-5-6-8-15-9-7-12(11-14)10-13(15,2)3/h12H,4-11,14H2,1-3H3. The first-order valence-corrected chi connectivity index (χ1v) is 6.55. The maximum absolute atomic E-state index is 5.77. The van der Waals surface area contributed by atoms with Crippen LogP contribution in [0.15, 0.2) is 0 Å². The molecule has 0 spiro atoms. The number of likely N-dealkylation sites (tertiary alicyclic amines) is 1. The van der Waals surface area contributed by atoms with E-state index in [1.54, 1.807) is 0 Å². The summed E-state index contributed by atoms with van der Waals surface area (Å²) in [4.78, 5) is 2.66. The van der Waals surface area contributed by atoms with E-state index < -0.39 is 0 Å². The van der Waals surface area contributed by atoms with Crippen molar-refractivity contribution in [1.82, 2.24) is 4.90 Å². The fourth-order valence-electron chi connectivity index (χ4n) is 2.75. The van der Waals surface area contributed by atoms with Crippen molar-refractivity contribution >= 4 is 0 Å². The first-order valence-electron chi connectivity index (χ1n) is 6.55. The molecule has 2 N–H and O–H groups in total. The molecular formula is C13H28N2. The molecule has 15 heavy (non-hydrogen) atoms. The van der Waals surface area contributed by atoms with Crippen molar-refractivity contribution in [3.63, 3.8) is 0 Å². The molecular weight excluding hydrogens is 184 g/mol. The second-order valence-corrected chi connectivity index (χ2v) is 5.60. The third kappa shape index (κ3) is 3.76. The SMILES string of the molecule is CCCCCN1CCC(CN)CC1(C)C. The van der Waals surface area contributed by atoms with E-state index in [4.69, 9.17) is 5.73 Å². The fourth-order valence-corrected chi connectivity index (χ4v) is 2.75. The van der Waals surface area contributed by atoms with Crippen LogP contribution in [0.3, 0.4) is 0 Å². The highest BCUT2D eigenvalue weighted by atomic mass is 15.2. The minimum absolute atomic E-state index is 0.371. The quantitative estimate of drug-likeness (QED) is 0.710. The maximum Gasteiger partial charge on any atom is 0.0156 e. The Morgan fingerprint density at radius 1 is 1.33 bits per heavy atom. The summed E-state index contributed by atoms with van der Waals surface area (Å²) in [7, 11) is 0. The Hall–Kier alpha value is -0.0800. The lowest BCUT2D eigenvalue weighted by molar-refractivity contribution is 0.0475. The molecule has 0 saturated carbocycles. The van der Waals surface area contributed by atoms with Gasteiger partial charge in [-0.3, -0.25) is 4.90 Å². The van der Waals surface area contributed by atoms with Gasteiger partial charge in [-0.25, -0.2) is 0 Å². The van der Waals surface area contributed by atoms with Gasteiger partial charge in [0.25, 0.3) is 0 Å². The number of piperidine rings is 1. The molecule has 0 aromatic heterocycles. The topological polar surface area (TPSA) is 29.3 Å². The van der Waals surface area contributed by atoms with Crippen LogP contribution < -0.4 is 5.73 Å². The van der Waals surface area contributed by atoms with Crippen molar-refractivity contribution in [3.8, 4) is 0 Å². The lowest BCUT2D eigenvalue weighted by Gasteiger charge is -2.45. The predicted molar refractivity (Wildman–Crippen MR) is 67.0 cm³/mol. The fraction of sp³-hybridized carbons (Fsp3) is 1.00. The lowest BCUT2D eigenvalue weighted by atomic mass is 9.82. The molecule has 2 heteroatoms. The van der Waals surface area contributed by atoms with Gasteiger partial charge in [-0.2, -0.15) is 0 Å². The Morgan fingerprint density at radius 2 is 2.07 bits per heavy atom. The van der Waals surface area contributed by atoms with Crippen molar-refractivity contribution in [3.05, 3.63) is 0 Å². The van der Waals surface area contributed by atoms with Crippen molar-refractivity contribution < 1.29 is 0 Å². The van der Waals surface area contributed by atoms with Crippen molar-refractivity contribution in [2.24, 2.45) is 11.7 Å². The number of hydrogen-bond donors (Lipinski definition) is 1. The highest BCUT2D eigenvalue weighted by Crippen LogP contribution is 2.31. The van der Waals surface area contributed by atoms with Gasteiger partial charge < -0.3 is 5.73 Å². The minimum Gasteiger partial charge on any atom is -0.330 e. The number of nitrogens with zero attached hydrogens (tertiary/aromatic N) is 1. The molecule has 1 unspecified atom stereocenters. The minimum atomic E-state index is 0.371. The molecule has 0 radical (unpaired) electrons. The summed E-state index contributed by atoms with van der Waals surface area (Å²) in [6, 6.07) is 0. The average Bonchev–Trinajstić information content (AvgIpc) is 2.20. The normalized spacial score (nSPS) is 26.8. The van der Waals surface area contributed by atoms with Crippen molar-refractivity contribution in [1.29, 1.82) is 0 Å². The van der Waals surface area contributed by atoms with E-state index in [0.29, 0.717) is 5.54 Å². The molecule has 90 valence electrons. The molecule has 0 aromatic rings. The van der Waals surface area contributed by atoms with Crippen LogP contribution in [0.5, 0.6) is 0 Å². The van der Waals surface area contributed by atoms with Gasteiger partial charge in [0.1, 0.15) is 0 Å². The largest absolute Gasteiger partial charge is 0.330 e. The van der Waals surface area contributed by atoms with E-state index in [-0.39, 0.29) is 0 Å². The highest BCUT2D eigenvalue weighted by molar-refractivity contribution is 4.89. The van der Waals surface area contributed by atoms with Crippen LogP contribution in [0.4, 0.5) is 0 Å². The maximum atomic E-state index is 5.77. The zero-order valence-electron chi connectivity index (χ0n) is 10.8. The molecule has 0 aromatic carbocycles. The third-order valence-electron chi connectivity index (χ3n) is 3.82. The monoisotopic (exact) mass is 212 g/mol. The molecule has 0 aliphatic carbocycles. The van der Waals surface area contributed by atoms with Crippen LogP contribution in [0.1, 0.15) is 52.9 Å². The first-order chi connectivity index (χ1) is 7.10. The van der Waals surface area contributed by atoms with Crippen LogP contribution in [0.2, 0.25) is 0 Å². The van der Waals surface area contributed by atoms with Gasteiger partial charge >= 0.3 is 0 Å². The predicted octanol–water partition coefficient (Wildman–Crippen LogP) is 2.63. The average molecular weight is 212 g/mol. The number of rotatable bonds is 5. The van der Waals surface area contributed by atoms with Crippen LogP contribution in [-0.4, -0.2) is 30.1 Å². The van der Waals surface area contributed by atoms with E-state index in [1.807, 2.05) is 0 Å². The Kier molecular flexibility index (Phi) is 5.07. The molecule has 1 rings (SSSR count). The molecule has 0 amide bonds.